The van der Waals surface area contributed by atoms with Crippen molar-refractivity contribution < 1.29 is 14.3 Å². The maximum absolute atomic E-state index is 12.3. The summed E-state index contributed by atoms with van der Waals surface area (Å²) >= 11 is 0. The minimum absolute atomic E-state index is 0.255. The zero-order chi connectivity index (χ0) is 20.8. The molecule has 0 spiro atoms. The molecular weight excluding hydrogens is 364 g/mol. The SMILES string of the molecule is Cc1cc(C)c(NC(=O)CC(=O)Nc2ccc(Oc3ccccc3)cc2)c(C)c1. The predicted molar refractivity (Wildman–Crippen MR) is 115 cm³/mol. The van der Waals surface area contributed by atoms with E-state index >= 15 is 0 Å². The average Bonchev–Trinajstić information content (AvgIpc) is 2.67. The number of anilines is 2. The van der Waals surface area contributed by atoms with Crippen LogP contribution in [0, 0.1) is 20.8 Å². The predicted octanol–water partition coefficient (Wildman–Crippen LogP) is 5.37. The van der Waals surface area contributed by atoms with Crippen molar-refractivity contribution in [3.05, 3.63) is 83.4 Å². The number of benzene rings is 3. The summed E-state index contributed by atoms with van der Waals surface area (Å²) < 4.78 is 5.72. The average molecular weight is 388 g/mol. The molecule has 5 heteroatoms. The number of carbonyl (C=O) groups excluding carboxylic acids is 2. The van der Waals surface area contributed by atoms with Crippen molar-refractivity contribution in [2.45, 2.75) is 27.2 Å². The number of ether oxygens (including phenoxy) is 1. The third-order valence-corrected chi connectivity index (χ3v) is 4.38. The van der Waals surface area contributed by atoms with Gasteiger partial charge in [-0.15, -0.1) is 0 Å². The largest absolute Gasteiger partial charge is 0.457 e. The molecule has 0 radical (unpaired) electrons. The van der Waals surface area contributed by atoms with E-state index in [1.54, 1.807) is 24.3 Å². The maximum atomic E-state index is 12.3. The van der Waals surface area contributed by atoms with Crippen LogP contribution in [0.1, 0.15) is 23.1 Å². The number of carbonyl (C=O) groups is 2. The van der Waals surface area contributed by atoms with E-state index in [-0.39, 0.29) is 18.2 Å². The van der Waals surface area contributed by atoms with E-state index in [4.69, 9.17) is 4.74 Å². The van der Waals surface area contributed by atoms with Crippen molar-refractivity contribution in [1.82, 2.24) is 0 Å². The Bertz CT molecular complexity index is 989. The minimum Gasteiger partial charge on any atom is -0.457 e. The molecule has 0 aliphatic heterocycles. The Morgan fingerprint density at radius 3 is 1.93 bits per heavy atom. The second kappa shape index (κ2) is 9.06. The van der Waals surface area contributed by atoms with Gasteiger partial charge in [0.2, 0.25) is 11.8 Å². The third kappa shape index (κ3) is 5.69. The Labute approximate surface area is 170 Å². The number of rotatable bonds is 6. The first-order valence-corrected chi connectivity index (χ1v) is 9.41. The van der Waals surface area contributed by atoms with Crippen LogP contribution < -0.4 is 15.4 Å². The topological polar surface area (TPSA) is 67.4 Å². The first-order chi connectivity index (χ1) is 13.9. The zero-order valence-electron chi connectivity index (χ0n) is 16.8. The van der Waals surface area contributed by atoms with Gasteiger partial charge in [-0.2, -0.15) is 0 Å². The highest BCUT2D eigenvalue weighted by Crippen LogP contribution is 2.23. The Balaban J connectivity index is 1.54. The van der Waals surface area contributed by atoms with Crippen molar-refractivity contribution in [2.24, 2.45) is 0 Å². The number of hydrogen-bond acceptors (Lipinski definition) is 3. The molecule has 2 amide bonds. The third-order valence-electron chi connectivity index (χ3n) is 4.38. The smallest absolute Gasteiger partial charge is 0.233 e. The first-order valence-electron chi connectivity index (χ1n) is 9.41. The van der Waals surface area contributed by atoms with Crippen LogP contribution in [-0.4, -0.2) is 11.8 Å². The van der Waals surface area contributed by atoms with Crippen molar-refractivity contribution in [1.29, 1.82) is 0 Å². The molecule has 5 nitrogen and oxygen atoms in total. The van der Waals surface area contributed by atoms with Gasteiger partial charge >= 0.3 is 0 Å². The molecule has 29 heavy (non-hydrogen) atoms. The molecule has 0 atom stereocenters. The first kappa shape index (κ1) is 20.1. The Kier molecular flexibility index (Phi) is 6.29. The van der Waals surface area contributed by atoms with Crippen LogP contribution in [0.25, 0.3) is 0 Å². The van der Waals surface area contributed by atoms with Gasteiger partial charge in [0.25, 0.3) is 0 Å². The van der Waals surface area contributed by atoms with Crippen molar-refractivity contribution >= 4 is 23.2 Å². The molecular formula is C24H24N2O3. The fourth-order valence-electron chi connectivity index (χ4n) is 3.14. The van der Waals surface area contributed by atoms with E-state index < -0.39 is 0 Å². The maximum Gasteiger partial charge on any atom is 0.233 e. The van der Waals surface area contributed by atoms with E-state index in [0.717, 1.165) is 28.1 Å². The second-order valence-corrected chi connectivity index (χ2v) is 6.99. The number of aryl methyl sites for hydroxylation is 3. The summed E-state index contributed by atoms with van der Waals surface area (Å²) in [6, 6.07) is 20.5. The van der Waals surface area contributed by atoms with Gasteiger partial charge in [0.15, 0.2) is 0 Å². The monoisotopic (exact) mass is 388 g/mol. The van der Waals surface area contributed by atoms with Gasteiger partial charge in [-0.05, 0) is 68.3 Å². The van der Waals surface area contributed by atoms with Gasteiger partial charge in [-0.3, -0.25) is 9.59 Å². The van der Waals surface area contributed by atoms with Crippen LogP contribution >= 0.6 is 0 Å². The second-order valence-electron chi connectivity index (χ2n) is 6.99. The number of amides is 2. The summed E-state index contributed by atoms with van der Waals surface area (Å²) in [7, 11) is 0. The van der Waals surface area contributed by atoms with Crippen LogP contribution in [0.3, 0.4) is 0 Å². The molecule has 0 bridgehead atoms. The molecule has 3 rings (SSSR count). The minimum atomic E-state index is -0.373. The number of hydrogen-bond donors (Lipinski definition) is 2. The molecule has 0 saturated heterocycles. The van der Waals surface area contributed by atoms with Crippen LogP contribution in [-0.2, 0) is 9.59 Å². The van der Waals surface area contributed by atoms with Gasteiger partial charge in [0.1, 0.15) is 17.9 Å². The molecule has 0 saturated carbocycles. The van der Waals surface area contributed by atoms with Gasteiger partial charge < -0.3 is 15.4 Å². The Morgan fingerprint density at radius 1 is 0.759 bits per heavy atom. The molecule has 3 aromatic carbocycles. The lowest BCUT2D eigenvalue weighted by atomic mass is 10.0. The molecule has 2 N–H and O–H groups in total. The summed E-state index contributed by atoms with van der Waals surface area (Å²) in [5.41, 5.74) is 4.45. The highest BCUT2D eigenvalue weighted by molar-refractivity contribution is 6.08. The fraction of sp³-hybridized carbons (Fsp3) is 0.167. The molecule has 0 fully saturated rings. The Hall–Kier alpha value is -3.60. The molecule has 0 aliphatic carbocycles. The highest BCUT2D eigenvalue weighted by atomic mass is 16.5. The lowest BCUT2D eigenvalue weighted by molar-refractivity contribution is -0.123. The normalized spacial score (nSPS) is 10.3. The fourth-order valence-corrected chi connectivity index (χ4v) is 3.14. The summed E-state index contributed by atoms with van der Waals surface area (Å²) in [4.78, 5) is 24.5. The molecule has 148 valence electrons. The quantitative estimate of drug-likeness (QED) is 0.558. The standard InChI is InChI=1S/C24H24N2O3/c1-16-13-17(2)24(18(3)14-16)26-23(28)15-22(27)25-19-9-11-21(12-10-19)29-20-7-5-4-6-8-20/h4-14H,15H2,1-3H3,(H,25,27)(H,26,28). The molecule has 3 aromatic rings. The van der Waals surface area contributed by atoms with Crippen molar-refractivity contribution in [2.75, 3.05) is 10.6 Å². The van der Waals surface area contributed by atoms with Crippen LogP contribution in [0.5, 0.6) is 11.5 Å². The van der Waals surface area contributed by atoms with Gasteiger partial charge in [0.05, 0.1) is 0 Å². The van der Waals surface area contributed by atoms with Gasteiger partial charge in [-0.1, -0.05) is 35.9 Å². The van der Waals surface area contributed by atoms with Crippen molar-refractivity contribution in [3.63, 3.8) is 0 Å². The van der Waals surface area contributed by atoms with Crippen LogP contribution in [0.15, 0.2) is 66.7 Å². The number of nitrogens with one attached hydrogen (secondary N) is 2. The molecule has 0 unspecified atom stereocenters. The lowest BCUT2D eigenvalue weighted by Gasteiger charge is -2.13. The van der Waals surface area contributed by atoms with E-state index in [9.17, 15) is 9.59 Å². The van der Waals surface area contributed by atoms with Crippen LogP contribution in [0.2, 0.25) is 0 Å². The van der Waals surface area contributed by atoms with Crippen LogP contribution in [0.4, 0.5) is 11.4 Å². The summed E-state index contributed by atoms with van der Waals surface area (Å²) in [6.45, 7) is 5.89. The van der Waals surface area contributed by atoms with E-state index in [2.05, 4.69) is 10.6 Å². The van der Waals surface area contributed by atoms with E-state index in [0.29, 0.717) is 11.4 Å². The summed E-state index contributed by atoms with van der Waals surface area (Å²) in [5, 5.41) is 5.57. The van der Waals surface area contributed by atoms with Gasteiger partial charge in [-0.25, -0.2) is 0 Å². The van der Waals surface area contributed by atoms with Gasteiger partial charge in [0, 0.05) is 11.4 Å². The molecule has 0 aliphatic rings. The molecule has 0 heterocycles. The summed E-state index contributed by atoms with van der Waals surface area (Å²) in [6.07, 6.45) is -0.255. The lowest BCUT2D eigenvalue weighted by Crippen LogP contribution is -2.22. The molecule has 0 aromatic heterocycles. The zero-order valence-corrected chi connectivity index (χ0v) is 16.8. The van der Waals surface area contributed by atoms with Crippen molar-refractivity contribution in [3.8, 4) is 11.5 Å². The van der Waals surface area contributed by atoms with E-state index in [1.165, 1.54) is 0 Å². The Morgan fingerprint density at radius 2 is 1.31 bits per heavy atom. The summed E-state index contributed by atoms with van der Waals surface area (Å²) in [5.74, 6) is 0.683. The highest BCUT2D eigenvalue weighted by Gasteiger charge is 2.13. The van der Waals surface area contributed by atoms with E-state index in [1.807, 2.05) is 63.2 Å². The number of para-hydroxylation sites is 1.